The number of furan rings is 1. The Balaban J connectivity index is 1.66. The molecule has 2 aromatic heterocycles. The van der Waals surface area contributed by atoms with E-state index in [0.717, 1.165) is 43.1 Å². The maximum absolute atomic E-state index is 6.26. The summed E-state index contributed by atoms with van der Waals surface area (Å²) in [5.41, 5.74) is 4.22. The predicted octanol–water partition coefficient (Wildman–Crippen LogP) is 8.19. The van der Waals surface area contributed by atoms with Gasteiger partial charge in [-0.25, -0.2) is 15.0 Å². The highest BCUT2D eigenvalue weighted by Crippen LogP contribution is 2.37. The van der Waals surface area contributed by atoms with Crippen LogP contribution in [0.4, 0.5) is 0 Å². The van der Waals surface area contributed by atoms with Crippen LogP contribution in [-0.2, 0) is 0 Å². The maximum atomic E-state index is 6.26. The molecule has 6 aromatic rings. The molecule has 0 fully saturated rings. The third kappa shape index (κ3) is 3.69. The van der Waals surface area contributed by atoms with Crippen LogP contribution >= 0.6 is 27.5 Å². The Bertz CT molecular complexity index is 1650. The van der Waals surface area contributed by atoms with Crippen LogP contribution in [0.15, 0.2) is 99.9 Å². The van der Waals surface area contributed by atoms with E-state index >= 15 is 0 Å². The van der Waals surface area contributed by atoms with Crippen molar-refractivity contribution in [1.82, 2.24) is 15.0 Å². The molecule has 6 heteroatoms. The summed E-state index contributed by atoms with van der Waals surface area (Å²) in [5.74, 6) is 1.74. The zero-order valence-electron chi connectivity index (χ0n) is 17.2. The van der Waals surface area contributed by atoms with Gasteiger partial charge in [-0.05, 0) is 36.4 Å². The molecule has 0 saturated carbocycles. The third-order valence-corrected chi connectivity index (χ3v) is 6.18. The Hall–Kier alpha value is -3.54. The Labute approximate surface area is 203 Å². The second-order valence-electron chi connectivity index (χ2n) is 7.60. The first-order valence-corrected chi connectivity index (χ1v) is 11.5. The number of halogens is 2. The molecule has 0 unspecified atom stereocenters. The van der Waals surface area contributed by atoms with Gasteiger partial charge in [0.1, 0.15) is 11.2 Å². The molecule has 0 bridgehead atoms. The smallest absolute Gasteiger partial charge is 0.164 e. The summed E-state index contributed by atoms with van der Waals surface area (Å²) in [6, 6.07) is 29.4. The van der Waals surface area contributed by atoms with E-state index in [1.165, 1.54) is 0 Å². The standard InChI is InChI=1S/C27H15BrClN3O/c28-18-12-13-22-21(15-18)24-20(10-5-11-23(24)33-22)27-31-25(16-6-2-1-3-7-16)30-26(32-27)17-8-4-9-19(29)14-17/h1-15H. The van der Waals surface area contributed by atoms with Gasteiger partial charge in [-0.2, -0.15) is 0 Å². The second-order valence-corrected chi connectivity index (χ2v) is 8.96. The van der Waals surface area contributed by atoms with Gasteiger partial charge in [-0.3, -0.25) is 0 Å². The Kier molecular flexibility index (Phi) is 4.93. The normalized spacial score (nSPS) is 11.3. The lowest BCUT2D eigenvalue weighted by molar-refractivity contribution is 0.669. The van der Waals surface area contributed by atoms with Gasteiger partial charge >= 0.3 is 0 Å². The van der Waals surface area contributed by atoms with Crippen LogP contribution in [0.5, 0.6) is 0 Å². The molecule has 158 valence electrons. The first-order chi connectivity index (χ1) is 16.2. The first kappa shape index (κ1) is 20.1. The molecule has 4 aromatic carbocycles. The minimum Gasteiger partial charge on any atom is -0.456 e. The van der Waals surface area contributed by atoms with Crippen molar-refractivity contribution in [2.24, 2.45) is 0 Å². The highest BCUT2D eigenvalue weighted by Gasteiger charge is 2.17. The zero-order valence-corrected chi connectivity index (χ0v) is 19.5. The molecule has 0 aliphatic carbocycles. The molecule has 4 nitrogen and oxygen atoms in total. The lowest BCUT2D eigenvalue weighted by Gasteiger charge is -2.09. The van der Waals surface area contributed by atoms with Crippen LogP contribution in [0.1, 0.15) is 0 Å². The summed E-state index contributed by atoms with van der Waals surface area (Å²) < 4.78 is 7.08. The SMILES string of the molecule is Clc1cccc(-c2nc(-c3ccccc3)nc(-c3cccc4oc5ccc(Br)cc5c34)n2)c1. The van der Waals surface area contributed by atoms with Gasteiger partial charge in [0.15, 0.2) is 17.5 Å². The minimum absolute atomic E-state index is 0.562. The summed E-state index contributed by atoms with van der Waals surface area (Å²) in [6.07, 6.45) is 0. The topological polar surface area (TPSA) is 51.8 Å². The van der Waals surface area contributed by atoms with Gasteiger partial charge in [0, 0.05) is 37.0 Å². The van der Waals surface area contributed by atoms with E-state index in [4.69, 9.17) is 31.0 Å². The molecule has 0 N–H and O–H groups in total. The van der Waals surface area contributed by atoms with Crippen molar-refractivity contribution in [1.29, 1.82) is 0 Å². The van der Waals surface area contributed by atoms with Gasteiger partial charge in [0.2, 0.25) is 0 Å². The van der Waals surface area contributed by atoms with Gasteiger partial charge in [0.25, 0.3) is 0 Å². The van der Waals surface area contributed by atoms with Crippen molar-refractivity contribution in [2.75, 3.05) is 0 Å². The largest absolute Gasteiger partial charge is 0.456 e. The van der Waals surface area contributed by atoms with Crippen molar-refractivity contribution < 1.29 is 4.42 Å². The Morgan fingerprint density at radius 1 is 0.636 bits per heavy atom. The van der Waals surface area contributed by atoms with Gasteiger partial charge in [-0.15, -0.1) is 0 Å². The van der Waals surface area contributed by atoms with Crippen molar-refractivity contribution in [3.63, 3.8) is 0 Å². The molecule has 33 heavy (non-hydrogen) atoms. The fourth-order valence-electron chi connectivity index (χ4n) is 3.95. The van der Waals surface area contributed by atoms with Crippen LogP contribution in [-0.4, -0.2) is 15.0 Å². The van der Waals surface area contributed by atoms with Crippen LogP contribution in [0, 0.1) is 0 Å². The zero-order chi connectivity index (χ0) is 22.4. The van der Waals surface area contributed by atoms with Crippen molar-refractivity contribution in [3.05, 3.63) is 100 Å². The van der Waals surface area contributed by atoms with E-state index in [1.807, 2.05) is 84.9 Å². The number of rotatable bonds is 3. The molecule has 0 saturated heterocycles. The summed E-state index contributed by atoms with van der Waals surface area (Å²) in [4.78, 5) is 14.5. The van der Waals surface area contributed by atoms with E-state index in [1.54, 1.807) is 0 Å². The van der Waals surface area contributed by atoms with E-state index < -0.39 is 0 Å². The van der Waals surface area contributed by atoms with E-state index in [-0.39, 0.29) is 0 Å². The van der Waals surface area contributed by atoms with Crippen LogP contribution in [0.2, 0.25) is 5.02 Å². The molecule has 0 atom stereocenters. The maximum Gasteiger partial charge on any atom is 0.164 e. The van der Waals surface area contributed by atoms with E-state index in [0.29, 0.717) is 22.5 Å². The van der Waals surface area contributed by atoms with Gasteiger partial charge in [-0.1, -0.05) is 82.1 Å². The Morgan fingerprint density at radius 3 is 2.18 bits per heavy atom. The van der Waals surface area contributed by atoms with Crippen LogP contribution in [0.25, 0.3) is 56.1 Å². The van der Waals surface area contributed by atoms with Crippen molar-refractivity contribution in [3.8, 4) is 34.2 Å². The molecular weight excluding hydrogens is 498 g/mol. The monoisotopic (exact) mass is 511 g/mol. The Morgan fingerprint density at radius 2 is 1.36 bits per heavy atom. The number of fused-ring (bicyclic) bond motifs is 3. The lowest BCUT2D eigenvalue weighted by Crippen LogP contribution is -2.00. The molecule has 0 aliphatic rings. The molecule has 0 aliphatic heterocycles. The van der Waals surface area contributed by atoms with E-state index in [9.17, 15) is 0 Å². The lowest BCUT2D eigenvalue weighted by atomic mass is 10.1. The molecule has 2 heterocycles. The van der Waals surface area contributed by atoms with Gasteiger partial charge < -0.3 is 4.42 Å². The molecule has 0 spiro atoms. The molecule has 6 rings (SSSR count). The fourth-order valence-corrected chi connectivity index (χ4v) is 4.51. The number of benzene rings is 4. The number of nitrogens with zero attached hydrogens (tertiary/aromatic N) is 3. The van der Waals surface area contributed by atoms with Crippen LogP contribution < -0.4 is 0 Å². The first-order valence-electron chi connectivity index (χ1n) is 10.3. The highest BCUT2D eigenvalue weighted by molar-refractivity contribution is 9.10. The number of hydrogen-bond donors (Lipinski definition) is 0. The summed E-state index contributed by atoms with van der Waals surface area (Å²) in [5, 5.41) is 2.60. The van der Waals surface area contributed by atoms with Crippen LogP contribution in [0.3, 0.4) is 0 Å². The summed E-state index contributed by atoms with van der Waals surface area (Å²) in [7, 11) is 0. The molecule has 0 radical (unpaired) electrons. The third-order valence-electron chi connectivity index (χ3n) is 5.45. The number of hydrogen-bond acceptors (Lipinski definition) is 4. The fraction of sp³-hybridized carbons (Fsp3) is 0. The minimum atomic E-state index is 0.562. The quantitative estimate of drug-likeness (QED) is 0.240. The predicted molar refractivity (Wildman–Crippen MR) is 136 cm³/mol. The van der Waals surface area contributed by atoms with Crippen molar-refractivity contribution >= 4 is 49.5 Å². The van der Waals surface area contributed by atoms with E-state index in [2.05, 4.69) is 22.0 Å². The molecule has 0 amide bonds. The second kappa shape index (κ2) is 8.10. The summed E-state index contributed by atoms with van der Waals surface area (Å²) in [6.45, 7) is 0. The van der Waals surface area contributed by atoms with Gasteiger partial charge in [0.05, 0.1) is 0 Å². The number of aromatic nitrogens is 3. The average molecular weight is 513 g/mol. The average Bonchev–Trinajstić information content (AvgIpc) is 3.22. The molecular formula is C27H15BrClN3O. The van der Waals surface area contributed by atoms with Crippen molar-refractivity contribution in [2.45, 2.75) is 0 Å². The highest BCUT2D eigenvalue weighted by atomic mass is 79.9. The summed E-state index contributed by atoms with van der Waals surface area (Å²) >= 11 is 9.84.